The highest BCUT2D eigenvalue weighted by atomic mass is 19.1. The summed E-state index contributed by atoms with van der Waals surface area (Å²) in [6, 6.07) is 2.24. The first-order valence-electron chi connectivity index (χ1n) is 4.28. The predicted octanol–water partition coefficient (Wildman–Crippen LogP) is 1.93. The Labute approximate surface area is 84.3 Å². The Morgan fingerprint density at radius 1 is 1.53 bits per heavy atom. The molecule has 1 aromatic heterocycles. The van der Waals surface area contributed by atoms with Crippen LogP contribution in [0.3, 0.4) is 0 Å². The zero-order valence-corrected chi connectivity index (χ0v) is 8.19. The van der Waals surface area contributed by atoms with Crippen LogP contribution in [0.4, 0.5) is 10.1 Å². The zero-order chi connectivity index (χ0) is 11.2. The number of hydrogen-bond acceptors (Lipinski definition) is 3. The van der Waals surface area contributed by atoms with Gasteiger partial charge in [-0.05, 0) is 6.92 Å². The van der Waals surface area contributed by atoms with Crippen LogP contribution in [0.15, 0.2) is 12.1 Å². The topological polar surface area (TPSA) is 61.0 Å². The summed E-state index contributed by atoms with van der Waals surface area (Å²) in [6.45, 7) is 1.69. The van der Waals surface area contributed by atoms with E-state index >= 15 is 0 Å². The van der Waals surface area contributed by atoms with Crippen LogP contribution in [0, 0.1) is 22.9 Å². The molecule has 0 bridgehead atoms. The molecule has 0 unspecified atom stereocenters. The molecule has 0 aliphatic carbocycles. The molecule has 0 saturated heterocycles. The van der Waals surface area contributed by atoms with E-state index in [2.05, 4.69) is 5.10 Å². The normalized spacial score (nSPS) is 10.9. The Hall–Kier alpha value is -1.98. The molecule has 2 rings (SSSR count). The SMILES string of the molecule is Cc1nn(C)c2c(F)cc([N+](=O)[O-])cc12. The predicted molar refractivity (Wildman–Crippen MR) is 52.1 cm³/mol. The molecule has 0 N–H and O–H groups in total. The van der Waals surface area contributed by atoms with Crippen molar-refractivity contribution in [1.82, 2.24) is 9.78 Å². The van der Waals surface area contributed by atoms with Crippen molar-refractivity contribution in [3.05, 3.63) is 33.8 Å². The minimum Gasteiger partial charge on any atom is -0.265 e. The van der Waals surface area contributed by atoms with Crippen molar-refractivity contribution in [3.63, 3.8) is 0 Å². The lowest BCUT2D eigenvalue weighted by Crippen LogP contribution is -1.94. The standard InChI is InChI=1S/C9H8FN3O2/c1-5-7-3-6(13(14)15)4-8(10)9(7)12(2)11-5/h3-4H,1-2H3. The largest absolute Gasteiger partial charge is 0.273 e. The number of aryl methyl sites for hydroxylation is 2. The summed E-state index contributed by atoms with van der Waals surface area (Å²) in [4.78, 5) is 9.91. The monoisotopic (exact) mass is 209 g/mol. The molecule has 0 saturated carbocycles. The smallest absolute Gasteiger partial charge is 0.265 e. The molecule has 0 spiro atoms. The van der Waals surface area contributed by atoms with Crippen LogP contribution < -0.4 is 0 Å². The maximum absolute atomic E-state index is 13.5. The Morgan fingerprint density at radius 2 is 2.20 bits per heavy atom. The van der Waals surface area contributed by atoms with Crippen LogP contribution in [0.25, 0.3) is 10.9 Å². The van der Waals surface area contributed by atoms with Gasteiger partial charge in [-0.15, -0.1) is 0 Å². The average molecular weight is 209 g/mol. The second-order valence-electron chi connectivity index (χ2n) is 3.29. The number of fused-ring (bicyclic) bond motifs is 1. The van der Waals surface area contributed by atoms with Gasteiger partial charge in [0.2, 0.25) is 0 Å². The third-order valence-electron chi connectivity index (χ3n) is 2.27. The highest BCUT2D eigenvalue weighted by Crippen LogP contribution is 2.25. The van der Waals surface area contributed by atoms with Gasteiger partial charge < -0.3 is 0 Å². The molecule has 1 heterocycles. The van der Waals surface area contributed by atoms with E-state index in [9.17, 15) is 14.5 Å². The van der Waals surface area contributed by atoms with Crippen LogP contribution in [0.2, 0.25) is 0 Å². The van der Waals surface area contributed by atoms with Crippen LogP contribution in [0.5, 0.6) is 0 Å². The lowest BCUT2D eigenvalue weighted by Gasteiger charge is -1.96. The van der Waals surface area contributed by atoms with Crippen LogP contribution >= 0.6 is 0 Å². The van der Waals surface area contributed by atoms with Gasteiger partial charge in [0.1, 0.15) is 5.52 Å². The molecule has 1 aromatic carbocycles. The van der Waals surface area contributed by atoms with Gasteiger partial charge in [0.15, 0.2) is 5.82 Å². The van der Waals surface area contributed by atoms with Gasteiger partial charge in [0, 0.05) is 18.5 Å². The molecule has 0 aliphatic heterocycles. The van der Waals surface area contributed by atoms with E-state index in [4.69, 9.17) is 0 Å². The van der Waals surface area contributed by atoms with Gasteiger partial charge in [-0.3, -0.25) is 14.8 Å². The molecule has 78 valence electrons. The molecule has 2 aromatic rings. The van der Waals surface area contributed by atoms with Gasteiger partial charge in [-0.2, -0.15) is 5.10 Å². The van der Waals surface area contributed by atoms with Gasteiger partial charge in [0.05, 0.1) is 16.7 Å². The summed E-state index contributed by atoms with van der Waals surface area (Å²) >= 11 is 0. The van der Waals surface area contributed by atoms with E-state index < -0.39 is 10.7 Å². The van der Waals surface area contributed by atoms with Gasteiger partial charge >= 0.3 is 0 Å². The first-order chi connectivity index (χ1) is 7.00. The van der Waals surface area contributed by atoms with E-state index in [0.29, 0.717) is 11.1 Å². The number of halogens is 1. The third kappa shape index (κ3) is 1.34. The summed E-state index contributed by atoms with van der Waals surface area (Å²) in [5.41, 5.74) is 0.615. The van der Waals surface area contributed by atoms with E-state index in [1.54, 1.807) is 14.0 Å². The van der Waals surface area contributed by atoms with E-state index in [1.807, 2.05) is 0 Å². The summed E-state index contributed by atoms with van der Waals surface area (Å²) in [5.74, 6) is -0.623. The van der Waals surface area contributed by atoms with Crippen molar-refractivity contribution in [2.24, 2.45) is 7.05 Å². The molecule has 0 aliphatic rings. The second kappa shape index (κ2) is 3.01. The first-order valence-corrected chi connectivity index (χ1v) is 4.28. The van der Waals surface area contributed by atoms with Crippen LogP contribution in [0.1, 0.15) is 5.69 Å². The summed E-state index contributed by atoms with van der Waals surface area (Å²) in [5, 5.41) is 15.0. The summed E-state index contributed by atoms with van der Waals surface area (Å²) in [6.07, 6.45) is 0. The van der Waals surface area contributed by atoms with Gasteiger partial charge in [0.25, 0.3) is 5.69 Å². The van der Waals surface area contributed by atoms with Crippen molar-refractivity contribution >= 4 is 16.6 Å². The highest BCUT2D eigenvalue weighted by molar-refractivity contribution is 5.84. The van der Waals surface area contributed by atoms with Crippen molar-refractivity contribution in [3.8, 4) is 0 Å². The average Bonchev–Trinajstić information content (AvgIpc) is 2.42. The number of nitro groups is 1. The molecule has 0 fully saturated rings. The number of hydrogen-bond donors (Lipinski definition) is 0. The minimum atomic E-state index is -0.623. The first kappa shape index (κ1) is 9.57. The Morgan fingerprint density at radius 3 is 2.80 bits per heavy atom. The molecule has 6 heteroatoms. The summed E-state index contributed by atoms with van der Waals surface area (Å²) < 4.78 is 14.9. The number of nitrogens with zero attached hydrogens (tertiary/aromatic N) is 3. The fourth-order valence-corrected chi connectivity index (χ4v) is 1.62. The third-order valence-corrected chi connectivity index (χ3v) is 2.27. The van der Waals surface area contributed by atoms with Crippen molar-refractivity contribution in [2.45, 2.75) is 6.92 Å². The fourth-order valence-electron chi connectivity index (χ4n) is 1.62. The maximum atomic E-state index is 13.5. The van der Waals surface area contributed by atoms with Crippen LogP contribution in [-0.2, 0) is 7.05 Å². The van der Waals surface area contributed by atoms with Crippen LogP contribution in [-0.4, -0.2) is 14.7 Å². The highest BCUT2D eigenvalue weighted by Gasteiger charge is 2.16. The van der Waals surface area contributed by atoms with E-state index in [1.165, 1.54) is 10.7 Å². The molecule has 0 atom stereocenters. The van der Waals surface area contributed by atoms with Crippen molar-refractivity contribution in [2.75, 3.05) is 0 Å². The number of nitro benzene ring substituents is 1. The zero-order valence-electron chi connectivity index (χ0n) is 8.19. The number of non-ortho nitro benzene ring substituents is 1. The van der Waals surface area contributed by atoms with E-state index in [0.717, 1.165) is 6.07 Å². The Kier molecular flexibility index (Phi) is 1.92. The van der Waals surface area contributed by atoms with Gasteiger partial charge in [-0.1, -0.05) is 0 Å². The summed E-state index contributed by atoms with van der Waals surface area (Å²) in [7, 11) is 1.60. The van der Waals surface area contributed by atoms with Crippen molar-refractivity contribution in [1.29, 1.82) is 0 Å². The Balaban J connectivity index is 2.87. The number of aromatic nitrogens is 2. The molecule has 5 nitrogen and oxygen atoms in total. The molecular formula is C9H8FN3O2. The second-order valence-corrected chi connectivity index (χ2v) is 3.29. The molecular weight excluding hydrogens is 201 g/mol. The Bertz CT molecular complexity index is 562. The maximum Gasteiger partial charge on any atom is 0.273 e. The fraction of sp³-hybridized carbons (Fsp3) is 0.222. The van der Waals surface area contributed by atoms with Crippen molar-refractivity contribution < 1.29 is 9.31 Å². The lowest BCUT2D eigenvalue weighted by atomic mass is 10.2. The molecule has 15 heavy (non-hydrogen) atoms. The minimum absolute atomic E-state index is 0.254. The number of rotatable bonds is 1. The quantitative estimate of drug-likeness (QED) is 0.532. The molecule has 0 amide bonds. The van der Waals surface area contributed by atoms with Gasteiger partial charge in [-0.25, -0.2) is 4.39 Å². The van der Waals surface area contributed by atoms with E-state index in [-0.39, 0.29) is 11.2 Å². The lowest BCUT2D eigenvalue weighted by molar-refractivity contribution is -0.384. The molecule has 0 radical (unpaired) electrons. The number of benzene rings is 1.